The van der Waals surface area contributed by atoms with Gasteiger partial charge in [0.2, 0.25) is 0 Å². The Morgan fingerprint density at radius 3 is 2.96 bits per heavy atom. The van der Waals surface area contributed by atoms with Gasteiger partial charge in [0.25, 0.3) is 0 Å². The van der Waals surface area contributed by atoms with Crippen LogP contribution >= 0.6 is 0 Å². The number of H-pyrrole nitrogens is 1. The van der Waals surface area contributed by atoms with Crippen molar-refractivity contribution in [2.24, 2.45) is 0 Å². The van der Waals surface area contributed by atoms with Crippen LogP contribution in [0.15, 0.2) is 48.5 Å². The largest absolute Gasteiger partial charge is 0.341 e. The molecule has 0 bridgehead atoms. The van der Waals surface area contributed by atoms with Crippen molar-refractivity contribution < 1.29 is 0 Å². The Morgan fingerprint density at radius 1 is 1.13 bits per heavy atom. The molecule has 2 heterocycles. The summed E-state index contributed by atoms with van der Waals surface area (Å²) in [5, 5.41) is 19.6. The number of fused-ring (bicyclic) bond motifs is 1. The number of para-hydroxylation sites is 1. The molecule has 3 aromatic rings. The Labute approximate surface area is 134 Å². The zero-order valence-electron chi connectivity index (χ0n) is 12.5. The van der Waals surface area contributed by atoms with Crippen molar-refractivity contribution >= 4 is 11.4 Å². The van der Waals surface area contributed by atoms with E-state index in [0.717, 1.165) is 30.6 Å². The molecule has 4 rings (SSSR count). The second kappa shape index (κ2) is 5.58. The summed E-state index contributed by atoms with van der Waals surface area (Å²) in [6.07, 6.45) is 2.25. The van der Waals surface area contributed by atoms with Gasteiger partial charge in [0, 0.05) is 23.5 Å². The van der Waals surface area contributed by atoms with Gasteiger partial charge in [-0.25, -0.2) is 5.10 Å². The Balaban J connectivity index is 1.78. The highest BCUT2D eigenvalue weighted by Crippen LogP contribution is 2.35. The summed E-state index contributed by atoms with van der Waals surface area (Å²) in [6, 6.07) is 18.7. The zero-order chi connectivity index (χ0) is 15.6. The van der Waals surface area contributed by atoms with Gasteiger partial charge in [0.1, 0.15) is 11.8 Å². The minimum Gasteiger partial charge on any atom is -0.341 e. The van der Waals surface area contributed by atoms with Crippen molar-refractivity contribution in [2.45, 2.75) is 12.8 Å². The summed E-state index contributed by atoms with van der Waals surface area (Å²) in [5.74, 6) is 0. The van der Waals surface area contributed by atoms with Crippen molar-refractivity contribution in [1.29, 1.82) is 5.26 Å². The van der Waals surface area contributed by atoms with E-state index in [1.54, 1.807) is 0 Å². The average Bonchev–Trinajstić information content (AvgIpc) is 3.10. The lowest BCUT2D eigenvalue weighted by Crippen LogP contribution is -2.24. The number of anilines is 2. The maximum atomic E-state index is 9.15. The fourth-order valence-corrected chi connectivity index (χ4v) is 3.13. The van der Waals surface area contributed by atoms with Gasteiger partial charge >= 0.3 is 0 Å². The van der Waals surface area contributed by atoms with E-state index < -0.39 is 0 Å². The molecule has 1 aliphatic heterocycles. The second-order valence-corrected chi connectivity index (χ2v) is 5.58. The number of aromatic amines is 1. The molecule has 0 saturated heterocycles. The second-order valence-electron chi connectivity index (χ2n) is 5.58. The minimum atomic E-state index is 0.390. The van der Waals surface area contributed by atoms with Crippen LogP contribution in [-0.2, 0) is 6.42 Å². The van der Waals surface area contributed by atoms with E-state index >= 15 is 0 Å². The fraction of sp³-hybridized carbons (Fsp3) is 0.167. The van der Waals surface area contributed by atoms with Crippen molar-refractivity contribution in [3.05, 3.63) is 59.8 Å². The van der Waals surface area contributed by atoms with Crippen LogP contribution in [0.3, 0.4) is 0 Å². The molecule has 23 heavy (non-hydrogen) atoms. The first-order chi connectivity index (χ1) is 11.4. The summed E-state index contributed by atoms with van der Waals surface area (Å²) in [6.45, 7) is 0.990. The summed E-state index contributed by atoms with van der Waals surface area (Å²) < 4.78 is 0. The van der Waals surface area contributed by atoms with Crippen LogP contribution in [0, 0.1) is 11.3 Å². The first-order valence-corrected chi connectivity index (χ1v) is 7.64. The van der Waals surface area contributed by atoms with Gasteiger partial charge in [-0.1, -0.05) is 35.5 Å². The van der Waals surface area contributed by atoms with Crippen LogP contribution in [0.2, 0.25) is 0 Å². The monoisotopic (exact) mass is 301 g/mol. The van der Waals surface area contributed by atoms with Crippen LogP contribution in [-0.4, -0.2) is 22.0 Å². The predicted molar refractivity (Wildman–Crippen MR) is 88.3 cm³/mol. The quantitative estimate of drug-likeness (QED) is 0.787. The Kier molecular flexibility index (Phi) is 3.28. The normalized spacial score (nSPS) is 13.4. The third-order valence-electron chi connectivity index (χ3n) is 4.20. The van der Waals surface area contributed by atoms with Gasteiger partial charge in [-0.05, 0) is 36.6 Å². The van der Waals surface area contributed by atoms with Crippen molar-refractivity contribution in [2.75, 3.05) is 11.4 Å². The molecule has 0 spiro atoms. The van der Waals surface area contributed by atoms with Crippen LogP contribution in [0.4, 0.5) is 11.4 Å². The molecular weight excluding hydrogens is 286 g/mol. The minimum absolute atomic E-state index is 0.390. The zero-order valence-corrected chi connectivity index (χ0v) is 12.5. The summed E-state index contributed by atoms with van der Waals surface area (Å²) in [5.41, 5.74) is 5.64. The lowest BCUT2D eigenvalue weighted by atomic mass is 10.0. The maximum absolute atomic E-state index is 9.15. The molecule has 112 valence electrons. The van der Waals surface area contributed by atoms with Crippen LogP contribution in [0.25, 0.3) is 11.3 Å². The van der Waals surface area contributed by atoms with E-state index in [0.29, 0.717) is 11.4 Å². The molecule has 2 aromatic carbocycles. The van der Waals surface area contributed by atoms with Crippen LogP contribution in [0.1, 0.15) is 17.7 Å². The van der Waals surface area contributed by atoms with E-state index in [4.69, 9.17) is 5.26 Å². The standard InChI is InChI=1S/C18H15N5/c19-12-16-18(21-22-20-16)14-6-3-8-15(11-14)23-10-4-7-13-5-1-2-9-17(13)23/h1-3,5-6,8-9,11H,4,7,10H2,(H,20,21,22). The van der Waals surface area contributed by atoms with Gasteiger partial charge in [-0.3, -0.25) is 0 Å². The van der Waals surface area contributed by atoms with Crippen LogP contribution < -0.4 is 4.90 Å². The van der Waals surface area contributed by atoms with E-state index in [-0.39, 0.29) is 0 Å². The summed E-state index contributed by atoms with van der Waals surface area (Å²) in [4.78, 5) is 2.33. The fourth-order valence-electron chi connectivity index (χ4n) is 3.13. The third kappa shape index (κ3) is 2.34. The highest BCUT2D eigenvalue weighted by atomic mass is 15.3. The molecule has 0 fully saturated rings. The van der Waals surface area contributed by atoms with Crippen LogP contribution in [0.5, 0.6) is 0 Å². The highest BCUT2D eigenvalue weighted by Gasteiger charge is 2.18. The Bertz CT molecular complexity index is 890. The van der Waals surface area contributed by atoms with Gasteiger partial charge < -0.3 is 4.90 Å². The number of nitrogens with one attached hydrogen (secondary N) is 1. The van der Waals surface area contributed by atoms with Gasteiger partial charge in [0.15, 0.2) is 5.69 Å². The number of hydrogen-bond donors (Lipinski definition) is 1. The third-order valence-corrected chi connectivity index (χ3v) is 4.20. The number of nitriles is 1. The molecule has 1 aliphatic rings. The van der Waals surface area contributed by atoms with Crippen molar-refractivity contribution in [1.82, 2.24) is 15.4 Å². The topological polar surface area (TPSA) is 68.6 Å². The Hall–Kier alpha value is -3.13. The molecule has 0 unspecified atom stereocenters. The number of rotatable bonds is 2. The van der Waals surface area contributed by atoms with E-state index in [2.05, 4.69) is 62.8 Å². The summed E-state index contributed by atoms with van der Waals surface area (Å²) in [7, 11) is 0. The molecule has 5 heteroatoms. The molecule has 0 radical (unpaired) electrons. The number of aromatic nitrogens is 3. The SMILES string of the molecule is N#Cc1[nH]nnc1-c1cccc(N2CCCc3ccccc32)c1. The lowest BCUT2D eigenvalue weighted by molar-refractivity contribution is 0.767. The number of benzene rings is 2. The predicted octanol–water partition coefficient (Wildman–Crippen LogP) is 3.43. The Morgan fingerprint density at radius 2 is 2.04 bits per heavy atom. The number of aryl methyl sites for hydroxylation is 1. The molecule has 5 nitrogen and oxygen atoms in total. The van der Waals surface area contributed by atoms with Crippen molar-refractivity contribution in [3.63, 3.8) is 0 Å². The first kappa shape index (κ1) is 13.5. The average molecular weight is 301 g/mol. The van der Waals surface area contributed by atoms with Gasteiger partial charge in [-0.2, -0.15) is 5.26 Å². The highest BCUT2D eigenvalue weighted by molar-refractivity contribution is 5.74. The molecule has 0 atom stereocenters. The molecule has 0 aliphatic carbocycles. The van der Waals surface area contributed by atoms with Crippen molar-refractivity contribution in [3.8, 4) is 17.3 Å². The molecule has 0 saturated carbocycles. The first-order valence-electron chi connectivity index (χ1n) is 7.64. The van der Waals surface area contributed by atoms with E-state index in [1.807, 2.05) is 12.1 Å². The van der Waals surface area contributed by atoms with E-state index in [9.17, 15) is 0 Å². The van der Waals surface area contributed by atoms with Gasteiger partial charge in [0.05, 0.1) is 0 Å². The molecule has 0 amide bonds. The molecule has 1 aromatic heterocycles. The maximum Gasteiger partial charge on any atom is 0.163 e. The van der Waals surface area contributed by atoms with Gasteiger partial charge in [-0.15, -0.1) is 5.10 Å². The molecule has 1 N–H and O–H groups in total. The number of hydrogen-bond acceptors (Lipinski definition) is 4. The summed E-state index contributed by atoms with van der Waals surface area (Å²) >= 11 is 0. The smallest absolute Gasteiger partial charge is 0.163 e. The number of nitrogens with zero attached hydrogens (tertiary/aromatic N) is 4. The van der Waals surface area contributed by atoms with E-state index in [1.165, 1.54) is 11.3 Å². The lowest BCUT2D eigenvalue weighted by Gasteiger charge is -2.31. The molecular formula is C18H15N5.